The second-order valence-electron chi connectivity index (χ2n) is 6.50. The smallest absolute Gasteiger partial charge is 0.263 e. The molecule has 1 amide bonds. The van der Waals surface area contributed by atoms with Crippen LogP contribution >= 0.6 is 0 Å². The van der Waals surface area contributed by atoms with Crippen molar-refractivity contribution in [1.29, 1.82) is 0 Å². The average molecular weight is 395 g/mol. The van der Waals surface area contributed by atoms with E-state index in [9.17, 15) is 13.2 Å². The summed E-state index contributed by atoms with van der Waals surface area (Å²) in [5.41, 5.74) is 3.66. The van der Waals surface area contributed by atoms with E-state index < -0.39 is 10.0 Å². The molecule has 0 bridgehead atoms. The summed E-state index contributed by atoms with van der Waals surface area (Å²) in [4.78, 5) is 16.4. The van der Waals surface area contributed by atoms with E-state index in [1.807, 2.05) is 32.0 Å². The van der Waals surface area contributed by atoms with Gasteiger partial charge >= 0.3 is 0 Å². The summed E-state index contributed by atoms with van der Waals surface area (Å²) in [6.07, 6.45) is 1.77. The molecule has 0 radical (unpaired) electrons. The van der Waals surface area contributed by atoms with E-state index in [0.29, 0.717) is 5.69 Å². The Hall–Kier alpha value is -3.19. The van der Waals surface area contributed by atoms with Crippen LogP contribution in [0.15, 0.2) is 71.8 Å². The molecule has 1 aromatic heterocycles. The molecule has 0 atom stereocenters. The summed E-state index contributed by atoms with van der Waals surface area (Å²) in [5, 5.41) is 2.80. The maximum atomic E-state index is 12.4. The molecule has 3 rings (SSSR count). The van der Waals surface area contributed by atoms with E-state index in [2.05, 4.69) is 15.0 Å². The van der Waals surface area contributed by atoms with Crippen LogP contribution in [-0.2, 0) is 21.2 Å². The number of aromatic nitrogens is 1. The van der Waals surface area contributed by atoms with Gasteiger partial charge in [0.2, 0.25) is 5.91 Å². The summed E-state index contributed by atoms with van der Waals surface area (Å²) in [6.45, 7) is 3.95. The number of hydrogen-bond donors (Lipinski definition) is 2. The topological polar surface area (TPSA) is 88.2 Å². The van der Waals surface area contributed by atoms with Gasteiger partial charge in [-0.25, -0.2) is 13.4 Å². The highest BCUT2D eigenvalue weighted by atomic mass is 32.2. The fourth-order valence-electron chi connectivity index (χ4n) is 2.71. The number of nitrogens with one attached hydrogen (secondary N) is 2. The largest absolute Gasteiger partial charge is 0.326 e. The lowest BCUT2D eigenvalue weighted by molar-refractivity contribution is -0.115. The lowest BCUT2D eigenvalue weighted by atomic mass is 10.0. The maximum Gasteiger partial charge on any atom is 0.263 e. The molecule has 0 aliphatic carbocycles. The Balaban J connectivity index is 1.67. The summed E-state index contributed by atoms with van der Waals surface area (Å²) < 4.78 is 27.2. The Kier molecular flexibility index (Phi) is 5.75. The zero-order valence-corrected chi connectivity index (χ0v) is 16.5. The number of rotatable bonds is 6. The number of benzene rings is 2. The van der Waals surface area contributed by atoms with Gasteiger partial charge in [0, 0.05) is 11.9 Å². The lowest BCUT2D eigenvalue weighted by Crippen LogP contribution is -2.16. The molecular weight excluding hydrogens is 374 g/mol. The van der Waals surface area contributed by atoms with Crippen LogP contribution in [-0.4, -0.2) is 19.3 Å². The number of anilines is 2. The van der Waals surface area contributed by atoms with Gasteiger partial charge in [-0.1, -0.05) is 29.8 Å². The van der Waals surface area contributed by atoms with E-state index in [1.165, 1.54) is 18.3 Å². The SMILES string of the molecule is Cc1ccc(C)c(CC(=O)Nc2ccc(S(=O)(=O)Nc3ccccn3)cc2)c1. The maximum absolute atomic E-state index is 12.4. The Labute approximate surface area is 164 Å². The molecule has 2 N–H and O–H groups in total. The molecule has 28 heavy (non-hydrogen) atoms. The van der Waals surface area contributed by atoms with E-state index in [1.54, 1.807) is 30.3 Å². The Morgan fingerprint density at radius 1 is 1.00 bits per heavy atom. The highest BCUT2D eigenvalue weighted by molar-refractivity contribution is 7.92. The highest BCUT2D eigenvalue weighted by Crippen LogP contribution is 2.18. The van der Waals surface area contributed by atoms with Gasteiger partial charge in [-0.15, -0.1) is 0 Å². The van der Waals surface area contributed by atoms with Crippen LogP contribution in [0.3, 0.4) is 0 Å². The molecule has 2 aromatic carbocycles. The van der Waals surface area contributed by atoms with Crippen molar-refractivity contribution < 1.29 is 13.2 Å². The van der Waals surface area contributed by atoms with E-state index in [4.69, 9.17) is 0 Å². The molecule has 0 unspecified atom stereocenters. The summed E-state index contributed by atoms with van der Waals surface area (Å²) in [7, 11) is -3.74. The van der Waals surface area contributed by atoms with Crippen LogP contribution < -0.4 is 10.0 Å². The van der Waals surface area contributed by atoms with Crippen LogP contribution in [0.1, 0.15) is 16.7 Å². The third kappa shape index (κ3) is 4.95. The Bertz CT molecular complexity index is 1080. The molecule has 3 aromatic rings. The van der Waals surface area contributed by atoms with Crippen LogP contribution in [0.5, 0.6) is 0 Å². The molecule has 0 fully saturated rings. The minimum absolute atomic E-state index is 0.0886. The molecule has 0 saturated heterocycles. The van der Waals surface area contributed by atoms with Crippen LogP contribution in [0.25, 0.3) is 0 Å². The molecular formula is C21H21N3O3S. The zero-order chi connectivity index (χ0) is 20.1. The van der Waals surface area contributed by atoms with Crippen molar-refractivity contribution in [2.24, 2.45) is 0 Å². The minimum atomic E-state index is -3.74. The van der Waals surface area contributed by atoms with Crippen LogP contribution in [0, 0.1) is 13.8 Å². The average Bonchev–Trinajstić information content (AvgIpc) is 2.65. The predicted molar refractivity (Wildman–Crippen MR) is 110 cm³/mol. The first-order chi connectivity index (χ1) is 13.3. The molecule has 0 aliphatic heterocycles. The molecule has 6 nitrogen and oxygen atoms in total. The third-order valence-corrected chi connectivity index (χ3v) is 5.58. The van der Waals surface area contributed by atoms with Crippen molar-refractivity contribution in [3.63, 3.8) is 0 Å². The molecule has 0 spiro atoms. The number of pyridine rings is 1. The summed E-state index contributed by atoms with van der Waals surface area (Å²) >= 11 is 0. The number of nitrogens with zero attached hydrogens (tertiary/aromatic N) is 1. The minimum Gasteiger partial charge on any atom is -0.326 e. The number of amides is 1. The fourth-order valence-corrected chi connectivity index (χ4v) is 3.71. The fraction of sp³-hybridized carbons (Fsp3) is 0.143. The standard InChI is InChI=1S/C21H21N3O3S/c1-15-6-7-16(2)17(13-15)14-21(25)23-18-8-10-19(11-9-18)28(26,27)24-20-5-3-4-12-22-20/h3-13H,14H2,1-2H3,(H,22,24)(H,23,25). The van der Waals surface area contributed by atoms with Crippen molar-refractivity contribution in [1.82, 2.24) is 4.98 Å². The van der Waals surface area contributed by atoms with Gasteiger partial charge < -0.3 is 5.32 Å². The molecule has 7 heteroatoms. The number of hydrogen-bond acceptors (Lipinski definition) is 4. The zero-order valence-electron chi connectivity index (χ0n) is 15.6. The van der Waals surface area contributed by atoms with Gasteiger partial charge in [0.15, 0.2) is 0 Å². The number of sulfonamides is 1. The lowest BCUT2D eigenvalue weighted by Gasteiger charge is -2.10. The summed E-state index contributed by atoms with van der Waals surface area (Å²) in [6, 6.07) is 17.0. The van der Waals surface area contributed by atoms with Gasteiger partial charge in [0.25, 0.3) is 10.0 Å². The Morgan fingerprint density at radius 2 is 1.75 bits per heavy atom. The van der Waals surface area contributed by atoms with Crippen molar-refractivity contribution in [2.75, 3.05) is 10.0 Å². The first-order valence-corrected chi connectivity index (χ1v) is 10.2. The van der Waals surface area contributed by atoms with Gasteiger partial charge in [0.1, 0.15) is 5.82 Å². The third-order valence-electron chi connectivity index (χ3n) is 4.21. The van der Waals surface area contributed by atoms with Gasteiger partial charge in [-0.05, 0) is 61.4 Å². The highest BCUT2D eigenvalue weighted by Gasteiger charge is 2.15. The molecule has 0 aliphatic rings. The second-order valence-corrected chi connectivity index (χ2v) is 8.18. The second kappa shape index (κ2) is 8.22. The molecule has 144 valence electrons. The number of carbonyl (C=O) groups excluding carboxylic acids is 1. The quantitative estimate of drug-likeness (QED) is 0.666. The van der Waals surface area contributed by atoms with Crippen molar-refractivity contribution >= 4 is 27.4 Å². The van der Waals surface area contributed by atoms with E-state index in [-0.39, 0.29) is 23.0 Å². The first kappa shape index (κ1) is 19.6. The number of aryl methyl sites for hydroxylation is 2. The predicted octanol–water partition coefficient (Wildman–Crippen LogP) is 3.68. The monoisotopic (exact) mass is 395 g/mol. The van der Waals surface area contributed by atoms with E-state index in [0.717, 1.165) is 16.7 Å². The first-order valence-electron chi connectivity index (χ1n) is 8.73. The van der Waals surface area contributed by atoms with Gasteiger partial charge in [-0.3, -0.25) is 9.52 Å². The normalized spacial score (nSPS) is 11.1. The van der Waals surface area contributed by atoms with Gasteiger partial charge in [0.05, 0.1) is 11.3 Å². The van der Waals surface area contributed by atoms with Crippen molar-refractivity contribution in [3.05, 3.63) is 83.6 Å². The molecule has 0 saturated carbocycles. The summed E-state index contributed by atoms with van der Waals surface area (Å²) in [5.74, 6) is 0.0873. The molecule has 1 heterocycles. The Morgan fingerprint density at radius 3 is 2.43 bits per heavy atom. The van der Waals surface area contributed by atoms with Crippen molar-refractivity contribution in [2.45, 2.75) is 25.2 Å². The van der Waals surface area contributed by atoms with E-state index >= 15 is 0 Å². The van der Waals surface area contributed by atoms with Crippen LogP contribution in [0.4, 0.5) is 11.5 Å². The van der Waals surface area contributed by atoms with Crippen LogP contribution in [0.2, 0.25) is 0 Å². The van der Waals surface area contributed by atoms with Gasteiger partial charge in [-0.2, -0.15) is 0 Å². The number of carbonyl (C=O) groups is 1. The van der Waals surface area contributed by atoms with Crippen molar-refractivity contribution in [3.8, 4) is 0 Å².